The predicted molar refractivity (Wildman–Crippen MR) is 81.9 cm³/mol. The SMILES string of the molecule is COc1cc(C(Nc2ccc(F)c(C(N)=O)c2)C(=O)O)ccc1F. The van der Waals surface area contributed by atoms with Crippen molar-refractivity contribution >= 4 is 17.6 Å². The Morgan fingerprint density at radius 3 is 2.42 bits per heavy atom. The molecule has 8 heteroatoms. The third-order valence-electron chi connectivity index (χ3n) is 3.30. The number of nitrogens with two attached hydrogens (primary N) is 1. The number of hydrogen-bond acceptors (Lipinski definition) is 4. The molecule has 0 radical (unpaired) electrons. The van der Waals surface area contributed by atoms with E-state index in [-0.39, 0.29) is 22.6 Å². The number of nitrogens with one attached hydrogen (secondary N) is 1. The third-order valence-corrected chi connectivity index (χ3v) is 3.30. The Bertz CT molecular complexity index is 796. The van der Waals surface area contributed by atoms with Crippen LogP contribution in [0.3, 0.4) is 0 Å². The van der Waals surface area contributed by atoms with Gasteiger partial charge in [-0.3, -0.25) is 4.79 Å². The summed E-state index contributed by atoms with van der Waals surface area (Å²) in [6.07, 6.45) is 0. The molecular weight excluding hydrogens is 322 g/mol. The van der Waals surface area contributed by atoms with E-state index in [9.17, 15) is 23.5 Å². The average molecular weight is 336 g/mol. The van der Waals surface area contributed by atoms with E-state index in [1.165, 1.54) is 25.3 Å². The normalized spacial score (nSPS) is 11.6. The molecule has 0 saturated heterocycles. The average Bonchev–Trinajstić information content (AvgIpc) is 2.54. The lowest BCUT2D eigenvalue weighted by Crippen LogP contribution is -2.21. The zero-order chi connectivity index (χ0) is 17.9. The number of rotatable bonds is 6. The van der Waals surface area contributed by atoms with E-state index < -0.39 is 29.6 Å². The lowest BCUT2D eigenvalue weighted by molar-refractivity contribution is -0.138. The number of methoxy groups -OCH3 is 1. The second-order valence-corrected chi connectivity index (χ2v) is 4.87. The zero-order valence-electron chi connectivity index (χ0n) is 12.5. The maximum Gasteiger partial charge on any atom is 0.330 e. The van der Waals surface area contributed by atoms with E-state index in [2.05, 4.69) is 5.32 Å². The van der Waals surface area contributed by atoms with Gasteiger partial charge in [-0.15, -0.1) is 0 Å². The monoisotopic (exact) mass is 336 g/mol. The van der Waals surface area contributed by atoms with Gasteiger partial charge in [0.2, 0.25) is 0 Å². The Kier molecular flexibility index (Phi) is 4.98. The van der Waals surface area contributed by atoms with Gasteiger partial charge >= 0.3 is 5.97 Å². The van der Waals surface area contributed by atoms with Crippen LogP contribution in [0.25, 0.3) is 0 Å². The number of carbonyl (C=O) groups excluding carboxylic acids is 1. The molecule has 0 saturated carbocycles. The van der Waals surface area contributed by atoms with Gasteiger partial charge in [-0.05, 0) is 35.9 Å². The van der Waals surface area contributed by atoms with Crippen molar-refractivity contribution in [3.63, 3.8) is 0 Å². The van der Waals surface area contributed by atoms with Gasteiger partial charge in [-0.1, -0.05) is 6.07 Å². The summed E-state index contributed by atoms with van der Waals surface area (Å²) in [5, 5.41) is 12.0. The topological polar surface area (TPSA) is 102 Å². The summed E-state index contributed by atoms with van der Waals surface area (Å²) in [7, 11) is 1.25. The van der Waals surface area contributed by atoms with Crippen LogP contribution in [0.2, 0.25) is 0 Å². The number of primary amides is 1. The van der Waals surface area contributed by atoms with Crippen LogP contribution in [0.4, 0.5) is 14.5 Å². The van der Waals surface area contributed by atoms with Crippen molar-refractivity contribution < 1.29 is 28.2 Å². The molecule has 1 amide bonds. The predicted octanol–water partition coefficient (Wildman–Crippen LogP) is 2.31. The fourth-order valence-electron chi connectivity index (χ4n) is 2.11. The third kappa shape index (κ3) is 3.60. The number of aliphatic carboxylic acids is 1. The molecule has 1 unspecified atom stereocenters. The highest BCUT2D eigenvalue weighted by atomic mass is 19.1. The molecule has 0 aliphatic rings. The Hall–Kier alpha value is -3.16. The standard InChI is InChI=1S/C16H14F2N2O4/c1-24-13-6-8(2-4-12(13)18)14(16(22)23)20-9-3-5-11(17)10(7-9)15(19)21/h2-7,14,20H,1H3,(H2,19,21)(H,22,23). The molecule has 0 fully saturated rings. The highest BCUT2D eigenvalue weighted by Gasteiger charge is 2.22. The van der Waals surface area contributed by atoms with Crippen LogP contribution in [-0.4, -0.2) is 24.1 Å². The van der Waals surface area contributed by atoms with Crippen LogP contribution in [0, 0.1) is 11.6 Å². The van der Waals surface area contributed by atoms with Gasteiger partial charge in [0.1, 0.15) is 5.82 Å². The zero-order valence-corrected chi connectivity index (χ0v) is 12.5. The van der Waals surface area contributed by atoms with Gasteiger partial charge in [0.15, 0.2) is 17.6 Å². The van der Waals surface area contributed by atoms with Gasteiger partial charge in [-0.25, -0.2) is 13.6 Å². The summed E-state index contributed by atoms with van der Waals surface area (Å²) in [5.41, 5.74) is 5.07. The fourth-order valence-corrected chi connectivity index (χ4v) is 2.11. The minimum absolute atomic E-state index is 0.113. The minimum Gasteiger partial charge on any atom is -0.494 e. The summed E-state index contributed by atoms with van der Waals surface area (Å²) in [6, 6.07) is 5.68. The molecule has 6 nitrogen and oxygen atoms in total. The lowest BCUT2D eigenvalue weighted by atomic mass is 10.1. The highest BCUT2D eigenvalue weighted by molar-refractivity contribution is 5.94. The molecule has 0 aliphatic carbocycles. The fraction of sp³-hybridized carbons (Fsp3) is 0.125. The Balaban J connectivity index is 2.38. The number of halogens is 2. The van der Waals surface area contributed by atoms with Crippen molar-refractivity contribution in [1.29, 1.82) is 0 Å². The van der Waals surface area contributed by atoms with Crippen LogP contribution in [0.5, 0.6) is 5.75 Å². The molecule has 0 bridgehead atoms. The lowest BCUT2D eigenvalue weighted by Gasteiger charge is -2.17. The molecule has 126 valence electrons. The quantitative estimate of drug-likeness (QED) is 0.751. The summed E-state index contributed by atoms with van der Waals surface area (Å²) in [5.74, 6) is -3.80. The van der Waals surface area contributed by atoms with Crippen molar-refractivity contribution in [2.24, 2.45) is 5.73 Å². The summed E-state index contributed by atoms with van der Waals surface area (Å²) in [6.45, 7) is 0. The van der Waals surface area contributed by atoms with E-state index in [1.54, 1.807) is 0 Å². The first-order valence-electron chi connectivity index (χ1n) is 6.75. The molecular formula is C16H14F2N2O4. The Morgan fingerprint density at radius 1 is 1.17 bits per heavy atom. The molecule has 2 aromatic carbocycles. The number of carboxylic acids is 1. The number of carboxylic acid groups (broad SMARTS) is 1. The van der Waals surface area contributed by atoms with Crippen molar-refractivity contribution in [2.45, 2.75) is 6.04 Å². The van der Waals surface area contributed by atoms with Crippen LogP contribution in [0.15, 0.2) is 36.4 Å². The summed E-state index contributed by atoms with van der Waals surface area (Å²) in [4.78, 5) is 22.7. The Labute approximate surface area is 135 Å². The maximum atomic E-state index is 13.5. The summed E-state index contributed by atoms with van der Waals surface area (Å²) >= 11 is 0. The van der Waals surface area contributed by atoms with Crippen LogP contribution in [-0.2, 0) is 4.79 Å². The molecule has 4 N–H and O–H groups in total. The highest BCUT2D eigenvalue weighted by Crippen LogP contribution is 2.26. The molecule has 2 aromatic rings. The number of hydrogen-bond donors (Lipinski definition) is 3. The molecule has 0 aliphatic heterocycles. The molecule has 2 rings (SSSR count). The molecule has 1 atom stereocenters. The van der Waals surface area contributed by atoms with Crippen LogP contribution in [0.1, 0.15) is 22.0 Å². The number of anilines is 1. The first-order chi connectivity index (χ1) is 11.3. The maximum absolute atomic E-state index is 13.5. The van der Waals surface area contributed by atoms with Crippen molar-refractivity contribution in [1.82, 2.24) is 0 Å². The van der Waals surface area contributed by atoms with E-state index >= 15 is 0 Å². The number of ether oxygens (including phenoxy) is 1. The van der Waals surface area contributed by atoms with E-state index in [4.69, 9.17) is 10.5 Å². The van der Waals surface area contributed by atoms with E-state index in [0.29, 0.717) is 0 Å². The van der Waals surface area contributed by atoms with Gasteiger partial charge in [0, 0.05) is 5.69 Å². The van der Waals surface area contributed by atoms with Gasteiger partial charge in [-0.2, -0.15) is 0 Å². The largest absolute Gasteiger partial charge is 0.494 e. The first-order valence-corrected chi connectivity index (χ1v) is 6.75. The van der Waals surface area contributed by atoms with Crippen LogP contribution < -0.4 is 15.8 Å². The van der Waals surface area contributed by atoms with Crippen molar-refractivity contribution in [2.75, 3.05) is 12.4 Å². The van der Waals surface area contributed by atoms with Gasteiger partial charge in [0.25, 0.3) is 5.91 Å². The molecule has 0 heterocycles. The number of benzene rings is 2. The van der Waals surface area contributed by atoms with Crippen molar-refractivity contribution in [3.8, 4) is 5.75 Å². The minimum atomic E-state index is -1.27. The smallest absolute Gasteiger partial charge is 0.330 e. The molecule has 0 aromatic heterocycles. The Morgan fingerprint density at radius 2 is 1.83 bits per heavy atom. The van der Waals surface area contributed by atoms with Gasteiger partial charge < -0.3 is 20.9 Å². The van der Waals surface area contributed by atoms with E-state index in [1.807, 2.05) is 0 Å². The first kappa shape index (κ1) is 17.2. The van der Waals surface area contributed by atoms with Crippen molar-refractivity contribution in [3.05, 3.63) is 59.2 Å². The molecule has 24 heavy (non-hydrogen) atoms. The van der Waals surface area contributed by atoms with Gasteiger partial charge in [0.05, 0.1) is 12.7 Å². The second kappa shape index (κ2) is 6.95. The second-order valence-electron chi connectivity index (χ2n) is 4.87. The van der Waals surface area contributed by atoms with Crippen LogP contribution >= 0.6 is 0 Å². The van der Waals surface area contributed by atoms with E-state index in [0.717, 1.165) is 18.2 Å². The molecule has 0 spiro atoms. The summed E-state index contributed by atoms with van der Waals surface area (Å²) < 4.78 is 31.8. The number of amides is 1. The number of carbonyl (C=O) groups is 2.